The van der Waals surface area contributed by atoms with Crippen LogP contribution in [0.3, 0.4) is 0 Å². The number of aromatic nitrogens is 2. The molecule has 0 aliphatic heterocycles. The van der Waals surface area contributed by atoms with Gasteiger partial charge < -0.3 is 15.7 Å². The van der Waals surface area contributed by atoms with Crippen LogP contribution in [0.1, 0.15) is 12.8 Å². The summed E-state index contributed by atoms with van der Waals surface area (Å²) in [4.78, 5) is 7.19. The summed E-state index contributed by atoms with van der Waals surface area (Å²) < 4.78 is 18.1. The molecular weight excluding hydrogens is 243 g/mol. The Morgan fingerprint density at radius 3 is 3.00 bits per heavy atom. The molecule has 18 heavy (non-hydrogen) atoms. The molecule has 1 unspecified atom stereocenters. The Balaban J connectivity index is 2.14. The van der Waals surface area contributed by atoms with Crippen LogP contribution in [-0.2, 0) is 0 Å². The van der Waals surface area contributed by atoms with Gasteiger partial charge in [0.05, 0.1) is 6.20 Å². The summed E-state index contributed by atoms with van der Waals surface area (Å²) in [5.74, 6) is -0.745. The summed E-state index contributed by atoms with van der Waals surface area (Å²) in [7, 11) is 0. The molecule has 0 radical (unpaired) electrons. The highest BCUT2D eigenvalue weighted by atomic mass is 19.1. The first kappa shape index (κ1) is 12.4. The van der Waals surface area contributed by atoms with Crippen LogP contribution in [0.4, 0.5) is 10.2 Å². The molecule has 7 nitrogen and oxygen atoms in total. The number of nitrogens with one attached hydrogen (secondary N) is 1. The van der Waals surface area contributed by atoms with Crippen molar-refractivity contribution < 1.29 is 19.6 Å². The van der Waals surface area contributed by atoms with Crippen LogP contribution in [-0.4, -0.2) is 15.2 Å². The maximum absolute atomic E-state index is 12.8. The number of nitrogens with zero attached hydrogens (tertiary/aromatic N) is 2. The lowest BCUT2D eigenvalue weighted by molar-refractivity contribution is -1.02. The highest BCUT2D eigenvalue weighted by Crippen LogP contribution is 2.17. The summed E-state index contributed by atoms with van der Waals surface area (Å²) in [5.41, 5.74) is 5.50. The predicted molar refractivity (Wildman–Crippen MR) is 58.5 cm³/mol. The molecule has 4 N–H and O–H groups in total. The van der Waals surface area contributed by atoms with Crippen molar-refractivity contribution in [2.24, 2.45) is 0 Å². The van der Waals surface area contributed by atoms with Gasteiger partial charge in [0, 0.05) is 12.5 Å². The normalized spacial score (nSPS) is 16.8. The fourth-order valence-electron chi connectivity index (χ4n) is 1.43. The van der Waals surface area contributed by atoms with Crippen molar-refractivity contribution in [3.05, 3.63) is 40.8 Å². The van der Waals surface area contributed by atoms with E-state index in [0.29, 0.717) is 18.6 Å². The van der Waals surface area contributed by atoms with Gasteiger partial charge in [-0.25, -0.2) is 14.6 Å². The monoisotopic (exact) mass is 254 g/mol. The Bertz CT molecular complexity index is 516. The first-order valence-electron chi connectivity index (χ1n) is 5.16. The van der Waals surface area contributed by atoms with Crippen LogP contribution in [0.2, 0.25) is 0 Å². The third-order valence-corrected chi connectivity index (χ3v) is 2.31. The molecule has 0 bridgehead atoms. The fraction of sp³-hybridized carbons (Fsp3) is 0.200. The number of allylic oxidation sites excluding steroid dienone is 3. The number of halogens is 1. The predicted octanol–water partition coefficient (Wildman–Crippen LogP) is -0.0898. The lowest BCUT2D eigenvalue weighted by Gasteiger charge is -2.18. The highest BCUT2D eigenvalue weighted by molar-refractivity contribution is 5.30. The Hall–Kier alpha value is -2.03. The van der Waals surface area contributed by atoms with Crippen LogP contribution in [0.25, 0.3) is 0 Å². The molecule has 0 saturated carbocycles. The van der Waals surface area contributed by atoms with E-state index in [-0.39, 0.29) is 17.5 Å². The first-order chi connectivity index (χ1) is 8.56. The molecule has 0 spiro atoms. The molecule has 8 heteroatoms. The number of anilines is 1. The van der Waals surface area contributed by atoms with Crippen molar-refractivity contribution >= 4 is 5.82 Å². The molecule has 96 valence electrons. The van der Waals surface area contributed by atoms with Gasteiger partial charge in [-0.2, -0.15) is 10.2 Å². The molecule has 1 heterocycles. The maximum Gasteiger partial charge on any atom is 0.324 e. The molecule has 1 aromatic heterocycles. The van der Waals surface area contributed by atoms with E-state index in [4.69, 9.17) is 15.7 Å². The van der Waals surface area contributed by atoms with E-state index >= 15 is 0 Å². The van der Waals surface area contributed by atoms with Gasteiger partial charge >= 0.3 is 6.01 Å². The van der Waals surface area contributed by atoms with Crippen LogP contribution in [0, 0.1) is 11.0 Å². The number of nitrogens with two attached hydrogens (primary N) is 1. The summed E-state index contributed by atoms with van der Waals surface area (Å²) in [6, 6.07) is -0.122. The van der Waals surface area contributed by atoms with Gasteiger partial charge in [0.2, 0.25) is 0 Å². The Labute approximate surface area is 102 Å². The van der Waals surface area contributed by atoms with Crippen molar-refractivity contribution in [1.82, 2.24) is 9.97 Å². The second kappa shape index (κ2) is 5.08. The standard InChI is InChI=1S/C10H11FN4O3/c11-8-5-13-10(14-9(8)12)18-7-3-1-2-6(4-7)15(16)17/h3-5,15-16H,1-2H2,(H2,12,13,14). The summed E-state index contributed by atoms with van der Waals surface area (Å²) in [6.45, 7) is 0. The molecule has 0 amide bonds. The van der Waals surface area contributed by atoms with Crippen molar-refractivity contribution in [2.75, 3.05) is 5.73 Å². The zero-order valence-electron chi connectivity index (χ0n) is 9.26. The average Bonchev–Trinajstić information content (AvgIpc) is 2.34. The number of hydrogen-bond acceptors (Lipinski definition) is 6. The van der Waals surface area contributed by atoms with E-state index in [1.54, 1.807) is 6.08 Å². The quantitative estimate of drug-likeness (QED) is 0.650. The Morgan fingerprint density at radius 1 is 1.56 bits per heavy atom. The highest BCUT2D eigenvalue weighted by Gasteiger charge is 2.14. The number of ether oxygens (including phenoxy) is 1. The molecule has 0 aromatic carbocycles. The lowest BCUT2D eigenvalue weighted by Crippen LogP contribution is -3.02. The lowest BCUT2D eigenvalue weighted by atomic mass is 10.1. The van der Waals surface area contributed by atoms with Crippen molar-refractivity contribution in [1.29, 1.82) is 0 Å². The van der Waals surface area contributed by atoms with Gasteiger partial charge in [-0.05, 0) is 12.5 Å². The zero-order valence-corrected chi connectivity index (χ0v) is 9.26. The minimum absolute atomic E-state index is 0.122. The van der Waals surface area contributed by atoms with E-state index < -0.39 is 11.0 Å². The zero-order chi connectivity index (χ0) is 13.1. The molecule has 0 fully saturated rings. The third kappa shape index (κ3) is 2.80. The number of rotatable bonds is 3. The van der Waals surface area contributed by atoms with Crippen LogP contribution in [0.5, 0.6) is 6.01 Å². The van der Waals surface area contributed by atoms with Gasteiger partial charge in [0.1, 0.15) is 11.5 Å². The first-order valence-corrected chi connectivity index (χ1v) is 5.16. The topological polar surface area (TPSA) is 109 Å². The Morgan fingerprint density at radius 2 is 2.33 bits per heavy atom. The van der Waals surface area contributed by atoms with E-state index in [0.717, 1.165) is 6.20 Å². The number of hydroxylamine groups is 2. The number of nitrogen functional groups attached to an aromatic ring is 1. The van der Waals surface area contributed by atoms with E-state index in [2.05, 4.69) is 9.97 Å². The van der Waals surface area contributed by atoms with Gasteiger partial charge in [0.25, 0.3) is 0 Å². The van der Waals surface area contributed by atoms with Crippen LogP contribution in [0.15, 0.2) is 29.8 Å². The fourth-order valence-corrected chi connectivity index (χ4v) is 1.43. The number of quaternary nitrogens is 1. The average molecular weight is 254 g/mol. The summed E-state index contributed by atoms with van der Waals surface area (Å²) in [5, 5.41) is 18.7. The van der Waals surface area contributed by atoms with E-state index in [1.165, 1.54) is 6.08 Å². The minimum Gasteiger partial charge on any atom is -0.595 e. The Kier molecular flexibility index (Phi) is 3.51. The molecule has 1 atom stereocenters. The summed E-state index contributed by atoms with van der Waals surface area (Å²) >= 11 is 0. The van der Waals surface area contributed by atoms with E-state index in [1.807, 2.05) is 0 Å². The number of hydrogen-bond donors (Lipinski definition) is 3. The van der Waals surface area contributed by atoms with Gasteiger partial charge in [-0.3, -0.25) is 0 Å². The van der Waals surface area contributed by atoms with Gasteiger partial charge in [-0.15, -0.1) is 0 Å². The van der Waals surface area contributed by atoms with Gasteiger partial charge in [-0.1, -0.05) is 0 Å². The molecular formula is C10H11FN4O3. The van der Waals surface area contributed by atoms with Crippen molar-refractivity contribution in [3.63, 3.8) is 0 Å². The molecule has 1 aliphatic carbocycles. The third-order valence-electron chi connectivity index (χ3n) is 2.31. The largest absolute Gasteiger partial charge is 0.595 e. The molecule has 2 rings (SSSR count). The smallest absolute Gasteiger partial charge is 0.324 e. The SMILES string of the molecule is Nc1nc(OC2=CCCC([NH+]([O-])O)=C2)ncc1F. The molecule has 1 aromatic rings. The van der Waals surface area contributed by atoms with Crippen molar-refractivity contribution in [3.8, 4) is 6.01 Å². The maximum atomic E-state index is 12.8. The molecule has 1 aliphatic rings. The van der Waals surface area contributed by atoms with E-state index in [9.17, 15) is 9.60 Å². The summed E-state index contributed by atoms with van der Waals surface area (Å²) in [6.07, 6.45) is 4.96. The minimum atomic E-state index is -0.997. The molecule has 0 saturated heterocycles. The van der Waals surface area contributed by atoms with Crippen LogP contribution >= 0.6 is 0 Å². The second-order valence-corrected chi connectivity index (χ2v) is 3.61. The van der Waals surface area contributed by atoms with Crippen molar-refractivity contribution in [2.45, 2.75) is 12.8 Å². The van der Waals surface area contributed by atoms with Crippen LogP contribution < -0.4 is 15.7 Å². The second-order valence-electron chi connectivity index (χ2n) is 3.61. The van der Waals surface area contributed by atoms with Gasteiger partial charge in [0.15, 0.2) is 11.6 Å².